The fraction of sp³-hybridized carbons (Fsp3) is 0.167. The van der Waals surface area contributed by atoms with Crippen LogP contribution in [0.25, 0.3) is 22.3 Å². The van der Waals surface area contributed by atoms with E-state index in [0.717, 1.165) is 0 Å². The summed E-state index contributed by atoms with van der Waals surface area (Å²) >= 11 is 0. The van der Waals surface area contributed by atoms with Crippen LogP contribution in [0.4, 0.5) is 4.39 Å². The molecule has 1 aromatic heterocycles. The van der Waals surface area contributed by atoms with Gasteiger partial charge in [0, 0.05) is 17.0 Å². The van der Waals surface area contributed by atoms with Gasteiger partial charge >= 0.3 is 0 Å². The van der Waals surface area contributed by atoms with E-state index in [1.54, 1.807) is 6.07 Å². The topological polar surface area (TPSA) is 59.7 Å². The van der Waals surface area contributed by atoms with E-state index in [-0.39, 0.29) is 23.4 Å². The average Bonchev–Trinajstić information content (AvgIpc) is 2.85. The molecule has 5 heteroatoms. The number of halogens is 1. The lowest BCUT2D eigenvalue weighted by Crippen LogP contribution is -2.05. The predicted molar refractivity (Wildman–Crippen MR) is 84.4 cm³/mol. The Balaban J connectivity index is 2.20. The first-order chi connectivity index (χ1) is 11.0. The third-order valence-electron chi connectivity index (χ3n) is 3.39. The molecule has 2 aromatic carbocycles. The van der Waals surface area contributed by atoms with Gasteiger partial charge in [0.25, 0.3) is 0 Å². The van der Waals surface area contributed by atoms with Crippen LogP contribution in [0, 0.1) is 5.82 Å². The first-order valence-corrected chi connectivity index (χ1v) is 7.17. The Bertz CT molecular complexity index is 863. The van der Waals surface area contributed by atoms with Crippen molar-refractivity contribution in [2.24, 2.45) is 0 Å². The molecule has 0 spiro atoms. The van der Waals surface area contributed by atoms with Gasteiger partial charge in [-0.1, -0.05) is 0 Å². The van der Waals surface area contributed by atoms with Gasteiger partial charge in [0.15, 0.2) is 17.8 Å². The van der Waals surface area contributed by atoms with Crippen molar-refractivity contribution in [3.63, 3.8) is 0 Å². The number of hydrogen-bond donors (Lipinski definition) is 1. The van der Waals surface area contributed by atoms with Crippen molar-refractivity contribution in [2.45, 2.75) is 20.0 Å². The highest BCUT2D eigenvalue weighted by Crippen LogP contribution is 2.39. The Morgan fingerprint density at radius 3 is 2.52 bits per heavy atom. The van der Waals surface area contributed by atoms with Gasteiger partial charge in [0.2, 0.25) is 0 Å². The van der Waals surface area contributed by atoms with E-state index >= 15 is 0 Å². The largest absolute Gasteiger partial charge is 0.504 e. The van der Waals surface area contributed by atoms with E-state index in [0.29, 0.717) is 34.1 Å². The van der Waals surface area contributed by atoms with E-state index in [4.69, 9.17) is 9.15 Å². The fourth-order valence-corrected chi connectivity index (χ4v) is 2.41. The zero-order valence-corrected chi connectivity index (χ0v) is 12.7. The number of furan rings is 1. The molecule has 1 N–H and O–H groups in total. The minimum Gasteiger partial charge on any atom is -0.504 e. The van der Waals surface area contributed by atoms with E-state index in [1.165, 1.54) is 30.3 Å². The molecular formula is C18H15FO4. The molecule has 0 aliphatic heterocycles. The van der Waals surface area contributed by atoms with Crippen LogP contribution in [-0.2, 0) is 0 Å². The molecule has 0 radical (unpaired) electrons. The molecule has 3 aromatic rings. The normalized spacial score (nSPS) is 11.1. The Morgan fingerprint density at radius 1 is 1.22 bits per heavy atom. The number of aromatic hydroxyl groups is 1. The Hall–Kier alpha value is -2.82. The smallest absolute Gasteiger partial charge is 0.162 e. The van der Waals surface area contributed by atoms with Crippen LogP contribution in [0.5, 0.6) is 11.5 Å². The number of fused-ring (bicyclic) bond motifs is 1. The zero-order chi connectivity index (χ0) is 16.6. The lowest BCUT2D eigenvalue weighted by Gasteiger charge is -2.10. The lowest BCUT2D eigenvalue weighted by molar-refractivity contribution is 0.112. The summed E-state index contributed by atoms with van der Waals surface area (Å²) in [6, 6.07) is 8.64. The van der Waals surface area contributed by atoms with Crippen LogP contribution in [-0.4, -0.2) is 17.5 Å². The fourth-order valence-electron chi connectivity index (χ4n) is 2.41. The van der Waals surface area contributed by atoms with Gasteiger partial charge < -0.3 is 14.3 Å². The molecule has 0 aliphatic rings. The molecule has 0 aliphatic carbocycles. The molecule has 0 unspecified atom stereocenters. The number of aldehydes is 1. The van der Waals surface area contributed by atoms with E-state index in [1.807, 2.05) is 13.8 Å². The van der Waals surface area contributed by atoms with Crippen LogP contribution < -0.4 is 4.74 Å². The maximum Gasteiger partial charge on any atom is 0.162 e. The van der Waals surface area contributed by atoms with Gasteiger partial charge in [0.1, 0.15) is 17.2 Å². The quantitative estimate of drug-likeness (QED) is 0.718. The minimum atomic E-state index is -0.372. The Kier molecular flexibility index (Phi) is 3.78. The number of rotatable bonds is 4. The second-order valence-corrected chi connectivity index (χ2v) is 5.45. The van der Waals surface area contributed by atoms with E-state index in [9.17, 15) is 14.3 Å². The van der Waals surface area contributed by atoms with E-state index < -0.39 is 0 Å². The van der Waals surface area contributed by atoms with Gasteiger partial charge in [-0.15, -0.1) is 0 Å². The molecule has 4 nitrogen and oxygen atoms in total. The minimum absolute atomic E-state index is 0.0666. The van der Waals surface area contributed by atoms with Crippen molar-refractivity contribution in [1.82, 2.24) is 0 Å². The van der Waals surface area contributed by atoms with Crippen molar-refractivity contribution in [3.8, 4) is 22.8 Å². The summed E-state index contributed by atoms with van der Waals surface area (Å²) in [7, 11) is 0. The Morgan fingerprint density at radius 2 is 1.91 bits per heavy atom. The first-order valence-electron chi connectivity index (χ1n) is 7.17. The van der Waals surface area contributed by atoms with Crippen LogP contribution in [0.2, 0.25) is 0 Å². The number of phenolic OH excluding ortho intramolecular Hbond substituents is 1. The summed E-state index contributed by atoms with van der Waals surface area (Å²) in [5.74, 6) is 0.170. The second-order valence-electron chi connectivity index (χ2n) is 5.45. The second kappa shape index (κ2) is 5.76. The SMILES string of the molecule is CC(C)Oc1cc2c(C=O)c(-c3ccc(F)cc3)oc2cc1O. The van der Waals surface area contributed by atoms with Crippen molar-refractivity contribution in [3.05, 3.63) is 47.8 Å². The Labute approximate surface area is 132 Å². The summed E-state index contributed by atoms with van der Waals surface area (Å²) in [5, 5.41) is 10.5. The number of carbonyl (C=O) groups is 1. The average molecular weight is 314 g/mol. The van der Waals surface area contributed by atoms with Crippen molar-refractivity contribution in [1.29, 1.82) is 0 Å². The highest BCUT2D eigenvalue weighted by atomic mass is 19.1. The number of carbonyl (C=O) groups excluding carboxylic acids is 1. The van der Waals surface area contributed by atoms with E-state index in [2.05, 4.69) is 0 Å². The molecule has 0 atom stereocenters. The summed E-state index contributed by atoms with van der Waals surface area (Å²) in [5.41, 5.74) is 1.27. The summed E-state index contributed by atoms with van der Waals surface area (Å²) in [4.78, 5) is 11.5. The molecule has 0 saturated heterocycles. The van der Waals surface area contributed by atoms with Crippen LogP contribution in [0.1, 0.15) is 24.2 Å². The third kappa shape index (κ3) is 2.77. The maximum absolute atomic E-state index is 13.1. The van der Waals surface area contributed by atoms with Crippen LogP contribution in [0.3, 0.4) is 0 Å². The zero-order valence-electron chi connectivity index (χ0n) is 12.7. The molecular weight excluding hydrogens is 299 g/mol. The van der Waals surface area contributed by atoms with Gasteiger partial charge in [-0.2, -0.15) is 0 Å². The molecule has 0 bridgehead atoms. The molecule has 0 fully saturated rings. The monoisotopic (exact) mass is 314 g/mol. The maximum atomic E-state index is 13.1. The first kappa shape index (κ1) is 15.1. The summed E-state index contributed by atoms with van der Waals surface area (Å²) in [6.07, 6.45) is 0.558. The molecule has 1 heterocycles. The van der Waals surface area contributed by atoms with Gasteiger partial charge in [-0.3, -0.25) is 4.79 Å². The standard InChI is InChI=1S/C18H15FO4/c1-10(2)22-17-7-13-14(9-20)18(23-16(13)8-15(17)21)11-3-5-12(19)6-4-11/h3-10,21H,1-2H3. The highest BCUT2D eigenvalue weighted by Gasteiger charge is 2.18. The van der Waals surface area contributed by atoms with Crippen LogP contribution in [0.15, 0.2) is 40.8 Å². The number of hydrogen-bond acceptors (Lipinski definition) is 4. The summed E-state index contributed by atoms with van der Waals surface area (Å²) < 4.78 is 24.3. The van der Waals surface area contributed by atoms with Crippen molar-refractivity contribution >= 4 is 17.3 Å². The molecule has 0 amide bonds. The van der Waals surface area contributed by atoms with Crippen molar-refractivity contribution < 1.29 is 23.4 Å². The van der Waals surface area contributed by atoms with Gasteiger partial charge in [0.05, 0.1) is 11.7 Å². The lowest BCUT2D eigenvalue weighted by atomic mass is 10.1. The molecule has 0 saturated carbocycles. The number of phenols is 1. The predicted octanol–water partition coefficient (Wildman–Crippen LogP) is 4.54. The highest BCUT2D eigenvalue weighted by molar-refractivity contribution is 6.03. The third-order valence-corrected chi connectivity index (χ3v) is 3.39. The van der Waals surface area contributed by atoms with Gasteiger partial charge in [-0.05, 0) is 44.2 Å². The summed E-state index contributed by atoms with van der Waals surface area (Å²) in [6.45, 7) is 3.67. The molecule has 3 rings (SSSR count). The van der Waals surface area contributed by atoms with Gasteiger partial charge in [-0.25, -0.2) is 4.39 Å². The van der Waals surface area contributed by atoms with Crippen molar-refractivity contribution in [2.75, 3.05) is 0 Å². The van der Waals surface area contributed by atoms with Crippen LogP contribution >= 0.6 is 0 Å². The molecule has 118 valence electrons. The molecule has 23 heavy (non-hydrogen) atoms. The number of ether oxygens (including phenoxy) is 1. The number of benzene rings is 2.